The van der Waals surface area contributed by atoms with Gasteiger partial charge in [-0.3, -0.25) is 0 Å². The van der Waals surface area contributed by atoms with Crippen molar-refractivity contribution in [2.45, 2.75) is 19.9 Å². The zero-order chi connectivity index (χ0) is 14.0. The van der Waals surface area contributed by atoms with E-state index in [9.17, 15) is 0 Å². The molecule has 2 rings (SSSR count). The molecule has 1 atom stereocenters. The van der Waals surface area contributed by atoms with Gasteiger partial charge in [0.05, 0.1) is 11.7 Å². The van der Waals surface area contributed by atoms with Crippen LogP contribution in [0, 0.1) is 6.92 Å². The highest BCUT2D eigenvalue weighted by molar-refractivity contribution is 6.33. The molecule has 1 N–H and O–H groups in total. The molecule has 5 heteroatoms. The van der Waals surface area contributed by atoms with Gasteiger partial charge in [0.15, 0.2) is 5.15 Å². The molecule has 2 nitrogen and oxygen atoms in total. The first kappa shape index (κ1) is 14.4. The molecule has 0 bridgehead atoms. The van der Waals surface area contributed by atoms with E-state index in [0.29, 0.717) is 15.2 Å². The summed E-state index contributed by atoms with van der Waals surface area (Å²) in [6.45, 7) is 3.96. The molecule has 2 aromatic rings. The van der Waals surface area contributed by atoms with Gasteiger partial charge in [-0.1, -0.05) is 34.8 Å². The number of nitrogens with zero attached hydrogens (tertiary/aromatic N) is 1. The van der Waals surface area contributed by atoms with Crippen molar-refractivity contribution in [3.05, 3.63) is 56.8 Å². The van der Waals surface area contributed by atoms with Crippen LogP contribution in [-0.2, 0) is 0 Å². The zero-order valence-corrected chi connectivity index (χ0v) is 12.8. The second-order valence-electron chi connectivity index (χ2n) is 4.38. The minimum absolute atomic E-state index is 0.0210. The van der Waals surface area contributed by atoms with E-state index >= 15 is 0 Å². The number of benzene rings is 1. The van der Waals surface area contributed by atoms with Gasteiger partial charge in [-0.05, 0) is 49.2 Å². The van der Waals surface area contributed by atoms with Crippen LogP contribution < -0.4 is 5.32 Å². The second-order valence-corrected chi connectivity index (χ2v) is 5.58. The molecule has 0 amide bonds. The summed E-state index contributed by atoms with van der Waals surface area (Å²) in [6, 6.07) is 7.32. The van der Waals surface area contributed by atoms with Gasteiger partial charge in [0.1, 0.15) is 0 Å². The van der Waals surface area contributed by atoms with Crippen molar-refractivity contribution in [3.63, 3.8) is 0 Å². The maximum absolute atomic E-state index is 6.18. The Bertz CT molecular complexity index is 599. The van der Waals surface area contributed by atoms with Crippen LogP contribution in [0.15, 0.2) is 30.5 Å². The van der Waals surface area contributed by atoms with Crippen LogP contribution >= 0.6 is 34.8 Å². The number of hydrogen-bond acceptors (Lipinski definition) is 2. The predicted octanol–water partition coefficient (Wildman–Crippen LogP) is 5.52. The summed E-state index contributed by atoms with van der Waals surface area (Å²) < 4.78 is 0. The van der Waals surface area contributed by atoms with Crippen molar-refractivity contribution in [1.29, 1.82) is 0 Å². The summed E-state index contributed by atoms with van der Waals surface area (Å²) in [5, 5.41) is 5.06. The lowest BCUT2D eigenvalue weighted by Gasteiger charge is -2.18. The van der Waals surface area contributed by atoms with E-state index in [4.69, 9.17) is 34.8 Å². The Labute approximate surface area is 127 Å². The quantitative estimate of drug-likeness (QED) is 0.754. The normalized spacial score (nSPS) is 12.3. The fourth-order valence-corrected chi connectivity index (χ4v) is 2.43. The topological polar surface area (TPSA) is 24.9 Å². The Kier molecular flexibility index (Phi) is 4.56. The first-order chi connectivity index (χ1) is 8.97. The van der Waals surface area contributed by atoms with Gasteiger partial charge in [0.2, 0.25) is 0 Å². The third kappa shape index (κ3) is 3.53. The molecule has 0 saturated carbocycles. The molecule has 0 aliphatic rings. The molecule has 100 valence electrons. The van der Waals surface area contributed by atoms with Crippen molar-refractivity contribution >= 4 is 40.5 Å². The molecular weight excluding hydrogens is 303 g/mol. The molecular formula is C14H13Cl3N2. The van der Waals surface area contributed by atoms with Crippen molar-refractivity contribution in [1.82, 2.24) is 4.98 Å². The highest BCUT2D eigenvalue weighted by atomic mass is 35.5. The third-order valence-electron chi connectivity index (χ3n) is 2.77. The summed E-state index contributed by atoms with van der Waals surface area (Å²) >= 11 is 18.2. The number of rotatable bonds is 3. The largest absolute Gasteiger partial charge is 0.376 e. The first-order valence-corrected chi connectivity index (χ1v) is 6.94. The minimum atomic E-state index is -0.0210. The number of aromatic nitrogens is 1. The average Bonchev–Trinajstić information content (AvgIpc) is 2.36. The summed E-state index contributed by atoms with van der Waals surface area (Å²) in [4.78, 5) is 4.11. The maximum atomic E-state index is 6.18. The van der Waals surface area contributed by atoms with Crippen LogP contribution in [0.25, 0.3) is 0 Å². The van der Waals surface area contributed by atoms with E-state index in [1.165, 1.54) is 0 Å². The fraction of sp³-hybridized carbons (Fsp3) is 0.214. The Hall–Kier alpha value is -0.960. The monoisotopic (exact) mass is 314 g/mol. The fourth-order valence-electron chi connectivity index (χ4n) is 1.81. The number of halogens is 3. The van der Waals surface area contributed by atoms with Gasteiger partial charge in [-0.25, -0.2) is 4.98 Å². The number of pyridine rings is 1. The lowest BCUT2D eigenvalue weighted by Crippen LogP contribution is -2.08. The molecule has 0 spiro atoms. The Balaban J connectivity index is 2.27. The summed E-state index contributed by atoms with van der Waals surface area (Å²) in [7, 11) is 0. The Morgan fingerprint density at radius 3 is 2.63 bits per heavy atom. The first-order valence-electron chi connectivity index (χ1n) is 5.81. The van der Waals surface area contributed by atoms with E-state index in [2.05, 4.69) is 10.3 Å². The molecule has 1 aromatic carbocycles. The van der Waals surface area contributed by atoms with Crippen molar-refractivity contribution in [2.75, 3.05) is 5.32 Å². The van der Waals surface area contributed by atoms with Crippen LogP contribution in [0.3, 0.4) is 0 Å². The van der Waals surface area contributed by atoms with Crippen molar-refractivity contribution in [2.24, 2.45) is 0 Å². The maximum Gasteiger partial charge on any atom is 0.152 e. The predicted molar refractivity (Wildman–Crippen MR) is 82.5 cm³/mol. The van der Waals surface area contributed by atoms with Gasteiger partial charge in [0, 0.05) is 16.2 Å². The van der Waals surface area contributed by atoms with Gasteiger partial charge in [0.25, 0.3) is 0 Å². The van der Waals surface area contributed by atoms with Gasteiger partial charge in [-0.2, -0.15) is 0 Å². The number of nitrogens with one attached hydrogen (secondary N) is 1. The summed E-state index contributed by atoms with van der Waals surface area (Å²) in [5.41, 5.74) is 2.74. The van der Waals surface area contributed by atoms with Crippen LogP contribution in [0.2, 0.25) is 15.2 Å². The number of anilines is 1. The number of hydrogen-bond donors (Lipinski definition) is 1. The molecule has 19 heavy (non-hydrogen) atoms. The Morgan fingerprint density at radius 1 is 1.16 bits per heavy atom. The zero-order valence-electron chi connectivity index (χ0n) is 10.5. The molecule has 0 saturated heterocycles. The van der Waals surface area contributed by atoms with Gasteiger partial charge in [-0.15, -0.1) is 0 Å². The molecule has 1 unspecified atom stereocenters. The minimum Gasteiger partial charge on any atom is -0.376 e. The van der Waals surface area contributed by atoms with Gasteiger partial charge >= 0.3 is 0 Å². The number of aryl methyl sites for hydroxylation is 1. The lowest BCUT2D eigenvalue weighted by atomic mass is 10.1. The van der Waals surface area contributed by atoms with E-state index < -0.39 is 0 Å². The van der Waals surface area contributed by atoms with Crippen LogP contribution in [0.4, 0.5) is 5.69 Å². The van der Waals surface area contributed by atoms with Crippen LogP contribution in [-0.4, -0.2) is 4.98 Å². The van der Waals surface area contributed by atoms with Crippen LogP contribution in [0.5, 0.6) is 0 Å². The van der Waals surface area contributed by atoms with Crippen LogP contribution in [0.1, 0.15) is 24.1 Å². The average molecular weight is 316 g/mol. The molecule has 0 aliphatic heterocycles. The van der Waals surface area contributed by atoms with E-state index in [1.54, 1.807) is 18.3 Å². The lowest BCUT2D eigenvalue weighted by molar-refractivity contribution is 0.883. The van der Waals surface area contributed by atoms with E-state index in [1.807, 2.05) is 26.0 Å². The highest BCUT2D eigenvalue weighted by Crippen LogP contribution is 2.30. The Morgan fingerprint density at radius 2 is 1.89 bits per heavy atom. The highest BCUT2D eigenvalue weighted by Gasteiger charge is 2.12. The smallest absolute Gasteiger partial charge is 0.152 e. The molecule has 1 aromatic heterocycles. The van der Waals surface area contributed by atoms with Gasteiger partial charge < -0.3 is 5.32 Å². The molecule has 1 heterocycles. The SMILES string of the molecule is Cc1cnc(Cl)c(NC(C)c2cc(Cl)ccc2Cl)c1. The third-order valence-corrected chi connectivity index (χ3v) is 3.65. The molecule has 0 aliphatic carbocycles. The second kappa shape index (κ2) is 6.00. The summed E-state index contributed by atoms with van der Waals surface area (Å²) in [5.74, 6) is 0. The van der Waals surface area contributed by atoms with E-state index in [0.717, 1.165) is 16.8 Å². The summed E-state index contributed by atoms with van der Waals surface area (Å²) in [6.07, 6.45) is 1.73. The molecule has 0 radical (unpaired) electrons. The standard InChI is InChI=1S/C14H13Cl3N2/c1-8-5-13(14(17)18-7-8)19-9(2)11-6-10(15)3-4-12(11)16/h3-7,9,19H,1-2H3. The van der Waals surface area contributed by atoms with E-state index in [-0.39, 0.29) is 6.04 Å². The van der Waals surface area contributed by atoms with Crippen molar-refractivity contribution in [3.8, 4) is 0 Å². The van der Waals surface area contributed by atoms with Crippen molar-refractivity contribution < 1.29 is 0 Å². The molecule has 0 fully saturated rings.